The van der Waals surface area contributed by atoms with E-state index in [4.69, 9.17) is 0 Å². The predicted molar refractivity (Wildman–Crippen MR) is 74.7 cm³/mol. The summed E-state index contributed by atoms with van der Waals surface area (Å²) in [5, 5.41) is 7.21. The van der Waals surface area contributed by atoms with Gasteiger partial charge in [0.15, 0.2) is 0 Å². The van der Waals surface area contributed by atoms with Crippen molar-refractivity contribution >= 4 is 5.91 Å². The Morgan fingerprint density at radius 3 is 2.63 bits per heavy atom. The van der Waals surface area contributed by atoms with Gasteiger partial charge in [0.2, 0.25) is 5.91 Å². The lowest BCUT2D eigenvalue weighted by molar-refractivity contribution is -0.135. The number of hydrogen-bond donors (Lipinski definition) is 1. The lowest BCUT2D eigenvalue weighted by atomic mass is 9.93. The number of likely N-dealkylation sites (tertiary alicyclic amines) is 1. The molecule has 0 spiro atoms. The summed E-state index contributed by atoms with van der Waals surface area (Å²) >= 11 is 0. The lowest BCUT2D eigenvalue weighted by Crippen LogP contribution is -2.62. The number of aryl methyl sites for hydroxylation is 1. The van der Waals surface area contributed by atoms with E-state index in [9.17, 15) is 4.79 Å². The van der Waals surface area contributed by atoms with E-state index in [0.717, 1.165) is 24.2 Å². The van der Waals surface area contributed by atoms with Gasteiger partial charge in [-0.1, -0.05) is 0 Å². The lowest BCUT2D eigenvalue weighted by Gasteiger charge is -2.48. The zero-order chi connectivity index (χ0) is 14.2. The van der Waals surface area contributed by atoms with Crippen molar-refractivity contribution in [3.63, 3.8) is 0 Å². The smallest absolute Gasteiger partial charge is 0.237 e. The molecule has 5 heteroatoms. The molecule has 1 N–H and O–H groups in total. The summed E-state index contributed by atoms with van der Waals surface area (Å²) in [6.07, 6.45) is 2.77. The van der Waals surface area contributed by atoms with Gasteiger partial charge in [-0.05, 0) is 34.1 Å². The number of hydrogen-bond acceptors (Lipinski definition) is 3. The van der Waals surface area contributed by atoms with Gasteiger partial charge in [-0.3, -0.25) is 14.4 Å². The highest BCUT2D eigenvalue weighted by Crippen LogP contribution is 2.27. The molecule has 2 rings (SSSR count). The molecule has 1 aromatic heterocycles. The molecular weight excluding hydrogens is 240 g/mol. The Bertz CT molecular complexity index is 472. The summed E-state index contributed by atoms with van der Waals surface area (Å²) in [6.45, 7) is 10.0. The Hall–Kier alpha value is -1.36. The van der Waals surface area contributed by atoms with Crippen LogP contribution in [0.15, 0.2) is 6.20 Å². The van der Waals surface area contributed by atoms with Crippen LogP contribution in [0, 0.1) is 6.92 Å². The van der Waals surface area contributed by atoms with Crippen molar-refractivity contribution in [2.24, 2.45) is 7.05 Å². The van der Waals surface area contributed by atoms with Gasteiger partial charge >= 0.3 is 0 Å². The number of rotatable bonds is 3. The molecule has 1 fully saturated rings. The molecular formula is C14H24N4O. The fraction of sp³-hybridized carbons (Fsp3) is 0.714. The average Bonchev–Trinajstić information content (AvgIpc) is 2.53. The second-order valence-corrected chi connectivity index (χ2v) is 6.27. The molecule has 0 aliphatic carbocycles. The first kappa shape index (κ1) is 14.1. The highest BCUT2D eigenvalue weighted by molar-refractivity contribution is 5.82. The molecule has 0 saturated carbocycles. The first-order valence-corrected chi connectivity index (χ1v) is 6.82. The quantitative estimate of drug-likeness (QED) is 0.893. The molecule has 1 aromatic rings. The van der Waals surface area contributed by atoms with Crippen LogP contribution in [-0.4, -0.2) is 38.7 Å². The van der Waals surface area contributed by atoms with Crippen molar-refractivity contribution in [1.82, 2.24) is 20.0 Å². The Morgan fingerprint density at radius 2 is 2.21 bits per heavy atom. The van der Waals surface area contributed by atoms with Crippen LogP contribution in [0.3, 0.4) is 0 Å². The van der Waals surface area contributed by atoms with E-state index in [-0.39, 0.29) is 17.5 Å². The number of amides is 1. The van der Waals surface area contributed by atoms with Crippen molar-refractivity contribution < 1.29 is 4.79 Å². The van der Waals surface area contributed by atoms with Crippen molar-refractivity contribution in [2.75, 3.05) is 6.54 Å². The molecule has 0 aromatic carbocycles. The number of carbonyl (C=O) groups excluding carboxylic acids is 1. The molecule has 1 aliphatic heterocycles. The summed E-state index contributed by atoms with van der Waals surface area (Å²) in [4.78, 5) is 14.4. The van der Waals surface area contributed by atoms with E-state index < -0.39 is 0 Å². The minimum atomic E-state index is 0.0250. The highest BCUT2D eigenvalue weighted by Gasteiger charge is 2.40. The Balaban J connectivity index is 1.90. The van der Waals surface area contributed by atoms with E-state index in [0.29, 0.717) is 6.54 Å². The molecule has 1 atom stereocenters. The molecule has 1 saturated heterocycles. The van der Waals surface area contributed by atoms with E-state index in [1.54, 1.807) is 0 Å². The van der Waals surface area contributed by atoms with Crippen molar-refractivity contribution in [3.05, 3.63) is 17.5 Å². The van der Waals surface area contributed by atoms with Gasteiger partial charge in [-0.25, -0.2) is 0 Å². The third kappa shape index (κ3) is 2.81. The van der Waals surface area contributed by atoms with E-state index >= 15 is 0 Å². The van der Waals surface area contributed by atoms with Crippen LogP contribution in [0.1, 0.15) is 38.4 Å². The summed E-state index contributed by atoms with van der Waals surface area (Å²) < 4.78 is 1.83. The summed E-state index contributed by atoms with van der Waals surface area (Å²) in [6, 6.07) is 0.0250. The van der Waals surface area contributed by atoms with E-state index in [1.807, 2.05) is 24.9 Å². The monoisotopic (exact) mass is 264 g/mol. The van der Waals surface area contributed by atoms with Gasteiger partial charge in [0.25, 0.3) is 0 Å². The maximum absolute atomic E-state index is 12.2. The Labute approximate surface area is 115 Å². The first-order chi connectivity index (χ1) is 8.80. The molecule has 1 amide bonds. The van der Waals surface area contributed by atoms with Gasteiger partial charge in [-0.2, -0.15) is 5.10 Å². The summed E-state index contributed by atoms with van der Waals surface area (Å²) in [7, 11) is 1.91. The number of nitrogens with one attached hydrogen (secondary N) is 1. The van der Waals surface area contributed by atoms with Crippen molar-refractivity contribution in [2.45, 2.75) is 52.2 Å². The first-order valence-electron chi connectivity index (χ1n) is 6.82. The third-order valence-corrected chi connectivity index (χ3v) is 3.97. The predicted octanol–water partition coefficient (Wildman–Crippen LogP) is 1.22. The van der Waals surface area contributed by atoms with Crippen LogP contribution >= 0.6 is 0 Å². The van der Waals surface area contributed by atoms with Crippen LogP contribution in [0.5, 0.6) is 0 Å². The number of carbonyl (C=O) groups is 1. The van der Waals surface area contributed by atoms with Crippen LogP contribution in [0.4, 0.5) is 0 Å². The van der Waals surface area contributed by atoms with Gasteiger partial charge in [0, 0.05) is 36.9 Å². The molecule has 1 aliphatic rings. The topological polar surface area (TPSA) is 50.2 Å². The second kappa shape index (κ2) is 4.96. The van der Waals surface area contributed by atoms with Gasteiger partial charge in [-0.15, -0.1) is 0 Å². The maximum atomic E-state index is 12.2. The van der Waals surface area contributed by atoms with Gasteiger partial charge in [0.1, 0.15) is 0 Å². The second-order valence-electron chi connectivity index (χ2n) is 6.27. The molecule has 2 heterocycles. The van der Waals surface area contributed by atoms with Gasteiger partial charge < -0.3 is 5.32 Å². The SMILES string of the molecule is Cc1c(CNC(=O)C2CCN2C(C)(C)C)cnn1C. The largest absolute Gasteiger partial charge is 0.351 e. The standard InChI is InChI=1S/C14H24N4O/c1-10-11(9-16-17(10)5)8-15-13(19)12-6-7-18(12)14(2,3)4/h9,12H,6-8H2,1-5H3,(H,15,19). The van der Waals surface area contributed by atoms with Crippen molar-refractivity contribution in [1.29, 1.82) is 0 Å². The van der Waals surface area contributed by atoms with Crippen LogP contribution in [0.2, 0.25) is 0 Å². The van der Waals surface area contributed by atoms with Gasteiger partial charge in [0.05, 0.1) is 12.2 Å². The van der Waals surface area contributed by atoms with Crippen LogP contribution in [-0.2, 0) is 18.4 Å². The van der Waals surface area contributed by atoms with Crippen LogP contribution in [0.25, 0.3) is 0 Å². The summed E-state index contributed by atoms with van der Waals surface area (Å²) in [5.74, 6) is 0.129. The Morgan fingerprint density at radius 1 is 1.53 bits per heavy atom. The van der Waals surface area contributed by atoms with Crippen LogP contribution < -0.4 is 5.32 Å². The molecule has 0 radical (unpaired) electrons. The fourth-order valence-corrected chi connectivity index (χ4v) is 2.48. The third-order valence-electron chi connectivity index (χ3n) is 3.97. The molecule has 106 valence electrons. The van der Waals surface area contributed by atoms with E-state index in [1.165, 1.54) is 0 Å². The average molecular weight is 264 g/mol. The molecule has 1 unspecified atom stereocenters. The minimum Gasteiger partial charge on any atom is -0.351 e. The molecule has 5 nitrogen and oxygen atoms in total. The minimum absolute atomic E-state index is 0.0250. The van der Waals surface area contributed by atoms with E-state index in [2.05, 4.69) is 36.1 Å². The Kier molecular flexibility index (Phi) is 3.67. The fourth-order valence-electron chi connectivity index (χ4n) is 2.48. The highest BCUT2D eigenvalue weighted by atomic mass is 16.2. The summed E-state index contributed by atoms with van der Waals surface area (Å²) in [5.41, 5.74) is 2.24. The zero-order valence-corrected chi connectivity index (χ0v) is 12.5. The number of nitrogens with zero attached hydrogens (tertiary/aromatic N) is 3. The number of aromatic nitrogens is 2. The zero-order valence-electron chi connectivity index (χ0n) is 12.5. The molecule has 0 bridgehead atoms. The normalized spacial score (nSPS) is 20.2. The molecule has 19 heavy (non-hydrogen) atoms. The maximum Gasteiger partial charge on any atom is 0.237 e. The van der Waals surface area contributed by atoms with Crippen molar-refractivity contribution in [3.8, 4) is 0 Å².